The maximum Gasteiger partial charge on any atom is 0.337 e. The normalized spacial score (nSPS) is 19.5. The number of hydrogen-bond acceptors (Lipinski definition) is 3. The molecule has 0 bridgehead atoms. The van der Waals surface area contributed by atoms with Gasteiger partial charge >= 0.3 is 5.97 Å². The van der Waals surface area contributed by atoms with E-state index >= 15 is 0 Å². The van der Waals surface area contributed by atoms with Crippen LogP contribution in [-0.2, 0) is 4.74 Å². The number of carboxylic acids is 1. The molecule has 0 spiro atoms. The van der Waals surface area contributed by atoms with E-state index in [9.17, 15) is 4.79 Å². The van der Waals surface area contributed by atoms with Crippen molar-refractivity contribution in [2.24, 2.45) is 0 Å². The van der Waals surface area contributed by atoms with Gasteiger partial charge in [0.25, 0.3) is 0 Å². The molecule has 5 heteroatoms. The number of aromatic carboxylic acids is 1. The van der Waals surface area contributed by atoms with Crippen LogP contribution in [0.1, 0.15) is 23.2 Å². The van der Waals surface area contributed by atoms with Crippen molar-refractivity contribution in [1.29, 1.82) is 0 Å². The Balaban J connectivity index is 2.09. The Morgan fingerprint density at radius 3 is 3.06 bits per heavy atom. The Bertz CT molecular complexity index is 416. The SMILES string of the molecule is O=C(O)c1c(Br)cccc1SCC1CCCO1. The molecule has 0 saturated carbocycles. The fourth-order valence-electron chi connectivity index (χ4n) is 1.79. The topological polar surface area (TPSA) is 46.5 Å². The van der Waals surface area contributed by atoms with Crippen molar-refractivity contribution in [2.75, 3.05) is 12.4 Å². The summed E-state index contributed by atoms with van der Waals surface area (Å²) in [4.78, 5) is 12.0. The smallest absolute Gasteiger partial charge is 0.337 e. The summed E-state index contributed by atoms with van der Waals surface area (Å²) < 4.78 is 6.15. The van der Waals surface area contributed by atoms with Gasteiger partial charge in [-0.25, -0.2) is 4.79 Å². The van der Waals surface area contributed by atoms with Crippen LogP contribution in [0.15, 0.2) is 27.6 Å². The molecular formula is C12H13BrO3S. The van der Waals surface area contributed by atoms with Crippen LogP contribution < -0.4 is 0 Å². The number of halogens is 1. The second-order valence-electron chi connectivity index (χ2n) is 3.86. The molecule has 1 aromatic carbocycles. The van der Waals surface area contributed by atoms with Crippen molar-refractivity contribution in [3.05, 3.63) is 28.2 Å². The first-order chi connectivity index (χ1) is 8.18. The van der Waals surface area contributed by atoms with E-state index < -0.39 is 5.97 Å². The molecule has 0 radical (unpaired) electrons. The lowest BCUT2D eigenvalue weighted by atomic mass is 10.2. The van der Waals surface area contributed by atoms with Gasteiger partial charge in [0.2, 0.25) is 0 Å². The predicted octanol–water partition coefficient (Wildman–Crippen LogP) is 3.42. The zero-order chi connectivity index (χ0) is 12.3. The number of ether oxygens (including phenoxy) is 1. The maximum atomic E-state index is 11.2. The van der Waals surface area contributed by atoms with Gasteiger partial charge in [-0.2, -0.15) is 0 Å². The quantitative estimate of drug-likeness (QED) is 0.865. The Kier molecular flexibility index (Phi) is 4.48. The van der Waals surface area contributed by atoms with Crippen LogP contribution in [0.5, 0.6) is 0 Å². The summed E-state index contributed by atoms with van der Waals surface area (Å²) in [7, 11) is 0. The number of hydrogen-bond donors (Lipinski definition) is 1. The van der Waals surface area contributed by atoms with Crippen LogP contribution in [0.25, 0.3) is 0 Å². The minimum absolute atomic E-state index is 0.264. The molecular weight excluding hydrogens is 304 g/mol. The van der Waals surface area contributed by atoms with E-state index in [1.807, 2.05) is 12.1 Å². The fraction of sp³-hybridized carbons (Fsp3) is 0.417. The maximum absolute atomic E-state index is 11.2. The minimum atomic E-state index is -0.896. The molecule has 1 aliphatic rings. The molecule has 3 nitrogen and oxygen atoms in total. The van der Waals surface area contributed by atoms with Gasteiger partial charge in [0.15, 0.2) is 0 Å². The highest BCUT2D eigenvalue weighted by molar-refractivity contribution is 9.10. The van der Waals surface area contributed by atoms with Gasteiger partial charge in [0.05, 0.1) is 11.7 Å². The van der Waals surface area contributed by atoms with Crippen molar-refractivity contribution in [3.63, 3.8) is 0 Å². The molecule has 1 heterocycles. The van der Waals surface area contributed by atoms with Gasteiger partial charge in [-0.1, -0.05) is 6.07 Å². The third kappa shape index (κ3) is 3.24. The Labute approximate surface area is 113 Å². The van der Waals surface area contributed by atoms with Crippen molar-refractivity contribution >= 4 is 33.7 Å². The number of benzene rings is 1. The second-order valence-corrected chi connectivity index (χ2v) is 5.78. The first-order valence-corrected chi connectivity index (χ1v) is 7.22. The van der Waals surface area contributed by atoms with Crippen LogP contribution in [0, 0.1) is 0 Å². The third-order valence-corrected chi connectivity index (χ3v) is 4.49. The highest BCUT2D eigenvalue weighted by atomic mass is 79.9. The first kappa shape index (κ1) is 12.9. The van der Waals surface area contributed by atoms with E-state index in [4.69, 9.17) is 9.84 Å². The van der Waals surface area contributed by atoms with Crippen LogP contribution in [-0.4, -0.2) is 29.5 Å². The molecule has 1 N–H and O–H groups in total. The van der Waals surface area contributed by atoms with E-state index in [2.05, 4.69) is 15.9 Å². The molecule has 0 amide bonds. The predicted molar refractivity (Wildman–Crippen MR) is 70.8 cm³/mol. The summed E-state index contributed by atoms with van der Waals surface area (Å²) in [6.07, 6.45) is 2.44. The lowest BCUT2D eigenvalue weighted by molar-refractivity contribution is 0.0692. The Morgan fingerprint density at radius 2 is 2.41 bits per heavy atom. The third-order valence-electron chi connectivity index (χ3n) is 2.64. The molecule has 1 aromatic rings. The van der Waals surface area contributed by atoms with Gasteiger partial charge in [-0.15, -0.1) is 11.8 Å². The van der Waals surface area contributed by atoms with Crippen LogP contribution in [0.3, 0.4) is 0 Å². The second kappa shape index (κ2) is 5.89. The van der Waals surface area contributed by atoms with Gasteiger partial charge in [-0.05, 0) is 40.9 Å². The molecule has 2 rings (SSSR count). The summed E-state index contributed by atoms with van der Waals surface area (Å²) in [5, 5.41) is 9.16. The summed E-state index contributed by atoms with van der Waals surface area (Å²) in [6, 6.07) is 5.45. The number of carboxylic acid groups (broad SMARTS) is 1. The van der Waals surface area contributed by atoms with E-state index in [1.165, 1.54) is 0 Å². The lowest BCUT2D eigenvalue weighted by Gasteiger charge is -2.11. The van der Waals surface area contributed by atoms with Gasteiger partial charge < -0.3 is 9.84 Å². The molecule has 92 valence electrons. The van der Waals surface area contributed by atoms with E-state index in [0.717, 1.165) is 30.1 Å². The van der Waals surface area contributed by atoms with Crippen LogP contribution >= 0.6 is 27.7 Å². The highest BCUT2D eigenvalue weighted by Gasteiger charge is 2.19. The van der Waals surface area contributed by atoms with Crippen molar-refractivity contribution in [1.82, 2.24) is 0 Å². The molecule has 1 aliphatic heterocycles. The number of carbonyl (C=O) groups is 1. The van der Waals surface area contributed by atoms with Gasteiger partial charge in [0.1, 0.15) is 0 Å². The summed E-state index contributed by atoms with van der Waals surface area (Å²) in [5.41, 5.74) is 0.343. The molecule has 1 fully saturated rings. The number of thioether (sulfide) groups is 1. The van der Waals surface area contributed by atoms with E-state index in [-0.39, 0.29) is 6.10 Å². The van der Waals surface area contributed by atoms with E-state index in [1.54, 1.807) is 17.8 Å². The summed E-state index contributed by atoms with van der Waals surface area (Å²) >= 11 is 4.83. The molecule has 1 unspecified atom stereocenters. The summed E-state index contributed by atoms with van der Waals surface area (Å²) in [5.74, 6) is -0.0798. The number of rotatable bonds is 4. The standard InChI is InChI=1S/C12H13BrO3S/c13-9-4-1-5-10(11(9)12(14)15)17-7-8-3-2-6-16-8/h1,4-5,8H,2-3,6-7H2,(H,14,15). The average Bonchev–Trinajstić information content (AvgIpc) is 2.78. The zero-order valence-electron chi connectivity index (χ0n) is 9.19. The fourth-order valence-corrected chi connectivity index (χ4v) is 3.60. The van der Waals surface area contributed by atoms with Crippen molar-refractivity contribution < 1.29 is 14.6 Å². The molecule has 0 aromatic heterocycles. The molecule has 17 heavy (non-hydrogen) atoms. The molecule has 1 atom stereocenters. The monoisotopic (exact) mass is 316 g/mol. The van der Waals surface area contributed by atoms with Gasteiger partial charge in [0, 0.05) is 21.7 Å². The molecule has 1 saturated heterocycles. The van der Waals surface area contributed by atoms with Gasteiger partial charge in [-0.3, -0.25) is 0 Å². The van der Waals surface area contributed by atoms with Crippen molar-refractivity contribution in [3.8, 4) is 0 Å². The Morgan fingerprint density at radius 1 is 1.59 bits per heavy atom. The minimum Gasteiger partial charge on any atom is -0.478 e. The lowest BCUT2D eigenvalue weighted by Crippen LogP contribution is -2.09. The highest BCUT2D eigenvalue weighted by Crippen LogP contribution is 2.30. The average molecular weight is 317 g/mol. The van der Waals surface area contributed by atoms with Crippen LogP contribution in [0.2, 0.25) is 0 Å². The van der Waals surface area contributed by atoms with E-state index in [0.29, 0.717) is 10.0 Å². The Hall–Kier alpha value is -0.520. The van der Waals surface area contributed by atoms with Crippen molar-refractivity contribution in [2.45, 2.75) is 23.8 Å². The van der Waals surface area contributed by atoms with Crippen LogP contribution in [0.4, 0.5) is 0 Å². The first-order valence-electron chi connectivity index (χ1n) is 5.44. The largest absolute Gasteiger partial charge is 0.478 e. The molecule has 0 aliphatic carbocycles. The summed E-state index contributed by atoms with van der Waals surface area (Å²) in [6.45, 7) is 0.829. The zero-order valence-corrected chi connectivity index (χ0v) is 11.6.